The molecule has 120 valence electrons. The van der Waals surface area contributed by atoms with Gasteiger partial charge in [-0.05, 0) is 30.5 Å². The highest BCUT2D eigenvalue weighted by molar-refractivity contribution is 9.10. The molecule has 1 aliphatic rings. The van der Waals surface area contributed by atoms with E-state index in [9.17, 15) is 4.39 Å². The third kappa shape index (κ3) is 5.87. The van der Waals surface area contributed by atoms with Crippen LogP contribution in [0.2, 0.25) is 0 Å². The smallest absolute Gasteiger partial charge is 0.124 e. The van der Waals surface area contributed by atoms with Gasteiger partial charge in [0.15, 0.2) is 0 Å². The summed E-state index contributed by atoms with van der Waals surface area (Å²) in [6.07, 6.45) is 3.94. The van der Waals surface area contributed by atoms with E-state index in [0.29, 0.717) is 6.04 Å². The molecule has 0 aliphatic carbocycles. The van der Waals surface area contributed by atoms with E-state index < -0.39 is 0 Å². The van der Waals surface area contributed by atoms with Gasteiger partial charge in [-0.3, -0.25) is 4.90 Å². The van der Waals surface area contributed by atoms with E-state index >= 15 is 0 Å². The van der Waals surface area contributed by atoms with Gasteiger partial charge in [-0.1, -0.05) is 28.1 Å². The zero-order chi connectivity index (χ0) is 13.7. The van der Waals surface area contributed by atoms with E-state index in [1.54, 1.807) is 12.1 Å². The predicted molar refractivity (Wildman–Crippen MR) is 95.2 cm³/mol. The molecule has 1 aliphatic heterocycles. The molecular weight excluding hydrogens is 378 g/mol. The number of rotatable bonds is 5. The van der Waals surface area contributed by atoms with Crippen LogP contribution in [0.1, 0.15) is 24.4 Å². The molecule has 2 nitrogen and oxygen atoms in total. The molecule has 21 heavy (non-hydrogen) atoms. The lowest BCUT2D eigenvalue weighted by Crippen LogP contribution is -2.45. The van der Waals surface area contributed by atoms with Crippen LogP contribution in [0.25, 0.3) is 0 Å². The van der Waals surface area contributed by atoms with Crippen molar-refractivity contribution in [3.63, 3.8) is 0 Å². The SMILES string of the molecule is C=CCC[C@H](c1ccc(F)cc1Br)N1CCNCC1.Cl.Cl. The van der Waals surface area contributed by atoms with Crippen LogP contribution >= 0.6 is 40.7 Å². The maximum atomic E-state index is 13.2. The fraction of sp³-hybridized carbons (Fsp3) is 0.467. The Bertz CT molecular complexity index is 440. The number of hydrogen-bond acceptors (Lipinski definition) is 2. The lowest BCUT2D eigenvalue weighted by molar-refractivity contribution is 0.165. The molecule has 0 radical (unpaired) electrons. The van der Waals surface area contributed by atoms with Gasteiger partial charge in [0, 0.05) is 36.7 Å². The number of allylic oxidation sites excluding steroid dienone is 1. The van der Waals surface area contributed by atoms with E-state index in [1.165, 1.54) is 5.56 Å². The summed E-state index contributed by atoms with van der Waals surface area (Å²) >= 11 is 3.50. The Labute approximate surface area is 147 Å². The van der Waals surface area contributed by atoms with Crippen molar-refractivity contribution in [1.29, 1.82) is 0 Å². The fourth-order valence-corrected chi connectivity index (χ4v) is 3.19. The maximum Gasteiger partial charge on any atom is 0.124 e. The van der Waals surface area contributed by atoms with Crippen molar-refractivity contribution in [3.05, 3.63) is 46.7 Å². The van der Waals surface area contributed by atoms with E-state index in [-0.39, 0.29) is 30.6 Å². The number of piperazine rings is 1. The standard InChI is InChI=1S/C15H20BrFN2.2ClH/c1-2-3-4-15(19-9-7-18-8-10-19)13-6-5-12(17)11-14(13)16;;/h2,5-6,11,15,18H,1,3-4,7-10H2;2*1H/t15-;;/m1../s1. The quantitative estimate of drug-likeness (QED) is 0.740. The van der Waals surface area contributed by atoms with Gasteiger partial charge in [0.1, 0.15) is 5.82 Å². The van der Waals surface area contributed by atoms with Crippen LogP contribution in [-0.4, -0.2) is 31.1 Å². The molecule has 0 unspecified atom stereocenters. The first-order valence-electron chi connectivity index (χ1n) is 6.73. The Balaban J connectivity index is 0.00000200. The van der Waals surface area contributed by atoms with Crippen LogP contribution in [0.5, 0.6) is 0 Å². The van der Waals surface area contributed by atoms with Crippen LogP contribution in [0.3, 0.4) is 0 Å². The second-order valence-electron chi connectivity index (χ2n) is 4.83. The topological polar surface area (TPSA) is 15.3 Å². The summed E-state index contributed by atoms with van der Waals surface area (Å²) in [4.78, 5) is 2.47. The summed E-state index contributed by atoms with van der Waals surface area (Å²) in [5.41, 5.74) is 1.17. The fourth-order valence-electron chi connectivity index (χ4n) is 2.58. The van der Waals surface area contributed by atoms with Crippen LogP contribution in [0.4, 0.5) is 4.39 Å². The zero-order valence-corrected chi connectivity index (χ0v) is 15.1. The van der Waals surface area contributed by atoms with E-state index in [0.717, 1.165) is 43.5 Å². The van der Waals surface area contributed by atoms with Crippen molar-refractivity contribution in [2.24, 2.45) is 0 Å². The normalized spacial score (nSPS) is 16.5. The summed E-state index contributed by atoms with van der Waals surface area (Å²) in [7, 11) is 0. The molecular formula is C15H22BrCl2FN2. The number of nitrogens with zero attached hydrogens (tertiary/aromatic N) is 1. The zero-order valence-electron chi connectivity index (χ0n) is 11.9. The molecule has 2 rings (SSSR count). The second kappa shape index (κ2) is 10.6. The summed E-state index contributed by atoms with van der Waals surface area (Å²) < 4.78 is 14.1. The summed E-state index contributed by atoms with van der Waals surface area (Å²) in [5.74, 6) is -0.196. The molecule has 0 saturated carbocycles. The van der Waals surface area contributed by atoms with Crippen LogP contribution in [0.15, 0.2) is 35.3 Å². The molecule has 0 aromatic heterocycles. The monoisotopic (exact) mass is 398 g/mol. The first-order chi connectivity index (χ1) is 9.22. The minimum atomic E-state index is -0.196. The third-order valence-electron chi connectivity index (χ3n) is 3.56. The van der Waals surface area contributed by atoms with E-state index in [2.05, 4.69) is 32.7 Å². The van der Waals surface area contributed by atoms with Crippen molar-refractivity contribution >= 4 is 40.7 Å². The molecule has 0 spiro atoms. The minimum Gasteiger partial charge on any atom is -0.314 e. The average molecular weight is 400 g/mol. The van der Waals surface area contributed by atoms with Crippen molar-refractivity contribution in [1.82, 2.24) is 10.2 Å². The van der Waals surface area contributed by atoms with Crippen LogP contribution < -0.4 is 5.32 Å². The van der Waals surface area contributed by atoms with Crippen molar-refractivity contribution < 1.29 is 4.39 Å². The summed E-state index contributed by atoms with van der Waals surface area (Å²) in [5, 5.41) is 3.37. The highest BCUT2D eigenvalue weighted by Gasteiger charge is 2.23. The molecule has 0 amide bonds. The molecule has 0 bridgehead atoms. The first kappa shape index (κ1) is 20.9. The highest BCUT2D eigenvalue weighted by Crippen LogP contribution is 2.32. The molecule has 1 heterocycles. The lowest BCUT2D eigenvalue weighted by Gasteiger charge is -2.35. The predicted octanol–water partition coefficient (Wildman–Crippen LogP) is 4.34. The minimum absolute atomic E-state index is 0. The van der Waals surface area contributed by atoms with Gasteiger partial charge in [0.05, 0.1) is 0 Å². The van der Waals surface area contributed by atoms with Gasteiger partial charge in [0.25, 0.3) is 0 Å². The van der Waals surface area contributed by atoms with Gasteiger partial charge in [-0.15, -0.1) is 31.4 Å². The third-order valence-corrected chi connectivity index (χ3v) is 4.24. The Morgan fingerprint density at radius 1 is 1.33 bits per heavy atom. The van der Waals surface area contributed by atoms with Crippen molar-refractivity contribution in [2.45, 2.75) is 18.9 Å². The van der Waals surface area contributed by atoms with Crippen LogP contribution in [0, 0.1) is 5.82 Å². The van der Waals surface area contributed by atoms with Gasteiger partial charge < -0.3 is 5.32 Å². The summed E-state index contributed by atoms with van der Waals surface area (Å²) in [6.45, 7) is 7.91. The summed E-state index contributed by atoms with van der Waals surface area (Å²) in [6, 6.07) is 5.33. The van der Waals surface area contributed by atoms with Gasteiger partial charge in [-0.2, -0.15) is 0 Å². The van der Waals surface area contributed by atoms with Crippen LogP contribution in [-0.2, 0) is 0 Å². The molecule has 1 saturated heterocycles. The van der Waals surface area contributed by atoms with Gasteiger partial charge >= 0.3 is 0 Å². The second-order valence-corrected chi connectivity index (χ2v) is 5.69. The molecule has 1 atom stereocenters. The van der Waals surface area contributed by atoms with Crippen molar-refractivity contribution in [2.75, 3.05) is 26.2 Å². The average Bonchev–Trinajstić information content (AvgIpc) is 2.42. The molecule has 1 aromatic rings. The van der Waals surface area contributed by atoms with Crippen molar-refractivity contribution in [3.8, 4) is 0 Å². The Kier molecular flexibility index (Phi) is 10.5. The maximum absolute atomic E-state index is 13.2. The Morgan fingerprint density at radius 3 is 2.57 bits per heavy atom. The molecule has 1 fully saturated rings. The number of hydrogen-bond donors (Lipinski definition) is 1. The number of nitrogens with one attached hydrogen (secondary N) is 1. The molecule has 1 N–H and O–H groups in total. The van der Waals surface area contributed by atoms with E-state index in [1.807, 2.05) is 12.1 Å². The van der Waals surface area contributed by atoms with E-state index in [4.69, 9.17) is 0 Å². The first-order valence-corrected chi connectivity index (χ1v) is 7.52. The highest BCUT2D eigenvalue weighted by atomic mass is 79.9. The Hall–Kier alpha value is -0.130. The van der Waals surface area contributed by atoms with Gasteiger partial charge in [-0.25, -0.2) is 4.39 Å². The molecule has 1 aromatic carbocycles. The largest absolute Gasteiger partial charge is 0.314 e. The molecule has 6 heteroatoms. The van der Waals surface area contributed by atoms with Gasteiger partial charge in [0.2, 0.25) is 0 Å². The lowest BCUT2D eigenvalue weighted by atomic mass is 9.99. The Morgan fingerprint density at radius 2 is 2.00 bits per heavy atom. The number of benzene rings is 1. The number of halogens is 4.